The fraction of sp³-hybridized carbons (Fsp3) is 0.786. The molecule has 2 aliphatic heterocycles. The number of hydrogen-bond acceptors (Lipinski definition) is 5. The predicted octanol–water partition coefficient (Wildman–Crippen LogP) is -0.00860. The van der Waals surface area contributed by atoms with Gasteiger partial charge < -0.3 is 9.64 Å². The van der Waals surface area contributed by atoms with E-state index in [9.17, 15) is 4.79 Å². The molecular weight excluding hydrogens is 270 g/mol. The van der Waals surface area contributed by atoms with Crippen molar-refractivity contribution in [3.63, 3.8) is 0 Å². The fourth-order valence-corrected chi connectivity index (χ4v) is 3.06. The highest BCUT2D eigenvalue weighted by Gasteiger charge is 2.22. The van der Waals surface area contributed by atoms with Gasteiger partial charge in [0.25, 0.3) is 0 Å². The molecule has 2 saturated heterocycles. The Morgan fingerprint density at radius 1 is 1.33 bits per heavy atom. The third-order valence-corrected chi connectivity index (χ3v) is 4.15. The van der Waals surface area contributed by atoms with E-state index in [1.807, 2.05) is 9.58 Å². The molecule has 2 fully saturated rings. The molecule has 1 aromatic rings. The molecule has 0 aromatic carbocycles. The van der Waals surface area contributed by atoms with Gasteiger partial charge in [-0.3, -0.25) is 14.4 Å². The van der Waals surface area contributed by atoms with Gasteiger partial charge in [-0.15, -0.1) is 0 Å². The van der Waals surface area contributed by atoms with Gasteiger partial charge in [0.1, 0.15) is 12.7 Å². The van der Waals surface area contributed by atoms with E-state index in [2.05, 4.69) is 15.0 Å². The number of carbonyl (C=O) groups is 1. The van der Waals surface area contributed by atoms with Crippen molar-refractivity contribution in [1.29, 1.82) is 0 Å². The summed E-state index contributed by atoms with van der Waals surface area (Å²) in [6.07, 6.45) is 6.25. The van der Waals surface area contributed by atoms with Gasteiger partial charge in [-0.05, 0) is 12.8 Å². The lowest BCUT2D eigenvalue weighted by Crippen LogP contribution is -2.45. The summed E-state index contributed by atoms with van der Waals surface area (Å²) >= 11 is 0. The summed E-state index contributed by atoms with van der Waals surface area (Å²) in [7, 11) is 0. The molecule has 1 unspecified atom stereocenters. The smallest absolute Gasteiger partial charge is 0.222 e. The first kappa shape index (κ1) is 14.5. The molecular formula is C14H23N5O2. The Kier molecular flexibility index (Phi) is 4.82. The van der Waals surface area contributed by atoms with Crippen LogP contribution in [0.25, 0.3) is 0 Å². The lowest BCUT2D eigenvalue weighted by Gasteiger charge is -2.33. The molecule has 1 amide bonds. The molecule has 0 saturated carbocycles. The van der Waals surface area contributed by atoms with Crippen molar-refractivity contribution in [2.45, 2.75) is 31.9 Å². The van der Waals surface area contributed by atoms with Crippen molar-refractivity contribution in [3.8, 4) is 0 Å². The Bertz CT molecular complexity index is 450. The number of rotatable bonds is 6. The van der Waals surface area contributed by atoms with E-state index in [-0.39, 0.29) is 6.10 Å². The van der Waals surface area contributed by atoms with Crippen molar-refractivity contribution < 1.29 is 9.53 Å². The third-order valence-electron chi connectivity index (χ3n) is 4.15. The SMILES string of the molecule is O=C1CCCN1CCCN1CCOC(Cn2cncn2)C1. The summed E-state index contributed by atoms with van der Waals surface area (Å²) in [5.41, 5.74) is 0. The minimum absolute atomic E-state index is 0.175. The molecule has 0 radical (unpaired) electrons. The second kappa shape index (κ2) is 7.00. The van der Waals surface area contributed by atoms with Crippen LogP contribution in [0.3, 0.4) is 0 Å². The molecule has 7 nitrogen and oxygen atoms in total. The van der Waals surface area contributed by atoms with Gasteiger partial charge in [-0.2, -0.15) is 5.10 Å². The lowest BCUT2D eigenvalue weighted by atomic mass is 10.2. The number of likely N-dealkylation sites (tertiary alicyclic amines) is 1. The fourth-order valence-electron chi connectivity index (χ4n) is 3.06. The highest BCUT2D eigenvalue weighted by molar-refractivity contribution is 5.77. The second-order valence-corrected chi connectivity index (χ2v) is 5.75. The summed E-state index contributed by atoms with van der Waals surface area (Å²) in [6, 6.07) is 0. The molecule has 2 aliphatic rings. The number of amides is 1. The van der Waals surface area contributed by atoms with Crippen molar-refractivity contribution >= 4 is 5.91 Å². The summed E-state index contributed by atoms with van der Waals surface area (Å²) < 4.78 is 7.60. The average Bonchev–Trinajstić information content (AvgIpc) is 3.12. The predicted molar refractivity (Wildman–Crippen MR) is 76.6 cm³/mol. The summed E-state index contributed by atoms with van der Waals surface area (Å²) in [4.78, 5) is 19.9. The van der Waals surface area contributed by atoms with Gasteiger partial charge in [-0.25, -0.2) is 4.98 Å². The lowest BCUT2D eigenvalue weighted by molar-refractivity contribution is -0.127. The van der Waals surface area contributed by atoms with Gasteiger partial charge in [0, 0.05) is 39.1 Å². The van der Waals surface area contributed by atoms with Gasteiger partial charge in [0.05, 0.1) is 19.3 Å². The van der Waals surface area contributed by atoms with E-state index in [0.29, 0.717) is 5.91 Å². The quantitative estimate of drug-likeness (QED) is 0.738. The number of morpholine rings is 1. The van der Waals surface area contributed by atoms with Crippen molar-refractivity contribution in [3.05, 3.63) is 12.7 Å². The zero-order valence-corrected chi connectivity index (χ0v) is 12.4. The van der Waals surface area contributed by atoms with Crippen LogP contribution in [0.15, 0.2) is 12.7 Å². The molecule has 3 heterocycles. The number of ether oxygens (including phenoxy) is 1. The van der Waals surface area contributed by atoms with Gasteiger partial charge in [-0.1, -0.05) is 0 Å². The van der Waals surface area contributed by atoms with E-state index in [1.54, 1.807) is 12.7 Å². The standard InChI is InChI=1S/C14H23N5O2/c20-14-3-1-5-18(14)6-2-4-17-7-8-21-13(9-17)10-19-12-15-11-16-19/h11-13H,1-10H2. The van der Waals surface area contributed by atoms with Crippen LogP contribution in [0, 0.1) is 0 Å². The summed E-state index contributed by atoms with van der Waals surface area (Å²) in [6.45, 7) is 6.28. The zero-order chi connectivity index (χ0) is 14.5. The first-order valence-corrected chi connectivity index (χ1v) is 7.75. The van der Waals surface area contributed by atoms with Crippen molar-refractivity contribution in [1.82, 2.24) is 24.6 Å². The van der Waals surface area contributed by atoms with Crippen LogP contribution in [-0.2, 0) is 16.1 Å². The topological polar surface area (TPSA) is 63.5 Å². The van der Waals surface area contributed by atoms with Crippen LogP contribution < -0.4 is 0 Å². The van der Waals surface area contributed by atoms with Crippen molar-refractivity contribution in [2.24, 2.45) is 0 Å². The molecule has 1 atom stereocenters. The maximum Gasteiger partial charge on any atom is 0.222 e. The van der Waals surface area contributed by atoms with E-state index < -0.39 is 0 Å². The highest BCUT2D eigenvalue weighted by Crippen LogP contribution is 2.11. The van der Waals surface area contributed by atoms with Crippen LogP contribution in [0.2, 0.25) is 0 Å². The first-order chi connectivity index (χ1) is 10.3. The molecule has 21 heavy (non-hydrogen) atoms. The minimum atomic E-state index is 0.175. The molecule has 0 bridgehead atoms. The van der Waals surface area contributed by atoms with Crippen LogP contribution in [0.4, 0.5) is 0 Å². The maximum absolute atomic E-state index is 11.6. The van der Waals surface area contributed by atoms with Crippen LogP contribution in [-0.4, -0.2) is 75.9 Å². The molecule has 3 rings (SSSR count). The highest BCUT2D eigenvalue weighted by atomic mass is 16.5. The normalized spacial score (nSPS) is 23.9. The molecule has 0 spiro atoms. The van der Waals surface area contributed by atoms with E-state index in [1.165, 1.54) is 0 Å². The maximum atomic E-state index is 11.6. The van der Waals surface area contributed by atoms with Gasteiger partial charge in [0.2, 0.25) is 5.91 Å². The van der Waals surface area contributed by atoms with Gasteiger partial charge >= 0.3 is 0 Å². The van der Waals surface area contributed by atoms with Crippen LogP contribution in [0.1, 0.15) is 19.3 Å². The Morgan fingerprint density at radius 2 is 2.29 bits per heavy atom. The van der Waals surface area contributed by atoms with E-state index in [4.69, 9.17) is 4.74 Å². The third kappa shape index (κ3) is 4.01. The van der Waals surface area contributed by atoms with E-state index >= 15 is 0 Å². The number of carbonyl (C=O) groups excluding carboxylic acids is 1. The summed E-state index contributed by atoms with van der Waals surface area (Å²) in [5, 5.41) is 4.12. The first-order valence-electron chi connectivity index (χ1n) is 7.75. The Balaban J connectivity index is 1.38. The largest absolute Gasteiger partial charge is 0.374 e. The van der Waals surface area contributed by atoms with E-state index in [0.717, 1.165) is 65.1 Å². The summed E-state index contributed by atoms with van der Waals surface area (Å²) in [5.74, 6) is 0.320. The molecule has 0 aliphatic carbocycles. The van der Waals surface area contributed by atoms with Gasteiger partial charge in [0.15, 0.2) is 0 Å². The second-order valence-electron chi connectivity index (χ2n) is 5.75. The Labute approximate surface area is 124 Å². The molecule has 116 valence electrons. The van der Waals surface area contributed by atoms with Crippen LogP contribution in [0.5, 0.6) is 0 Å². The Hall–Kier alpha value is -1.47. The zero-order valence-electron chi connectivity index (χ0n) is 12.4. The molecule has 0 N–H and O–H groups in total. The average molecular weight is 293 g/mol. The molecule has 1 aromatic heterocycles. The monoisotopic (exact) mass is 293 g/mol. The minimum Gasteiger partial charge on any atom is -0.374 e. The number of nitrogens with zero attached hydrogens (tertiary/aromatic N) is 5. The number of hydrogen-bond donors (Lipinski definition) is 0. The number of aromatic nitrogens is 3. The Morgan fingerprint density at radius 3 is 3.05 bits per heavy atom. The molecule has 7 heteroatoms. The van der Waals surface area contributed by atoms with Crippen LogP contribution >= 0.6 is 0 Å². The van der Waals surface area contributed by atoms with Crippen molar-refractivity contribution in [2.75, 3.05) is 39.3 Å².